The number of H-pyrrole nitrogens is 2. The molecule has 1 atom stereocenters. The van der Waals surface area contributed by atoms with Crippen molar-refractivity contribution in [2.24, 2.45) is 0 Å². The molecule has 1 unspecified atom stereocenters. The molecule has 0 fully saturated rings. The van der Waals surface area contributed by atoms with Crippen molar-refractivity contribution in [1.29, 1.82) is 0 Å². The maximum atomic E-state index is 13.0. The first-order valence-electron chi connectivity index (χ1n) is 11.5. The summed E-state index contributed by atoms with van der Waals surface area (Å²) in [6.45, 7) is 1.91. The SMILES string of the molecule is CCOC(=O)Oc1[nH]cc2c1NC1=C(C(=O)CCC1)C2c1ccc(Sc2nc3ccc(Cl)cc3[nH]2)o1. The molecule has 36 heavy (non-hydrogen) atoms. The highest BCUT2D eigenvalue weighted by Crippen LogP contribution is 2.49. The van der Waals surface area contributed by atoms with E-state index in [1.807, 2.05) is 24.3 Å². The zero-order valence-electron chi connectivity index (χ0n) is 19.1. The highest BCUT2D eigenvalue weighted by molar-refractivity contribution is 7.99. The first kappa shape index (κ1) is 22.8. The van der Waals surface area contributed by atoms with Crippen molar-refractivity contribution in [2.45, 2.75) is 42.4 Å². The predicted molar refractivity (Wildman–Crippen MR) is 134 cm³/mol. The molecule has 0 saturated carbocycles. The van der Waals surface area contributed by atoms with Gasteiger partial charge in [-0.05, 0) is 61.9 Å². The van der Waals surface area contributed by atoms with Crippen LogP contribution in [-0.2, 0) is 9.53 Å². The number of furan rings is 1. The number of Topliss-reactive ketones (excluding diaryl/α,β-unsaturated/α-hetero) is 1. The lowest BCUT2D eigenvalue weighted by atomic mass is 9.79. The largest absolute Gasteiger partial charge is 0.515 e. The minimum absolute atomic E-state index is 0.0771. The third-order valence-electron chi connectivity index (χ3n) is 6.16. The lowest BCUT2D eigenvalue weighted by Gasteiger charge is -2.31. The number of ether oxygens (including phenoxy) is 2. The summed E-state index contributed by atoms with van der Waals surface area (Å²) in [6.07, 6.45) is 2.87. The molecular formula is C25H21ClN4O5S. The van der Waals surface area contributed by atoms with Crippen LogP contribution in [-0.4, -0.2) is 33.5 Å². The standard InChI is InChI=1S/C25H21ClN4O5S/c1-2-33-25(32)35-23-22-13(11-27-23)20(21-15(28-22)4-3-5-17(21)31)18-8-9-19(34-18)36-24-29-14-7-6-12(26)10-16(14)30-24/h6-11,20,27-28H,2-5H2,1H3,(H,29,30). The molecular weight excluding hydrogens is 504 g/mol. The lowest BCUT2D eigenvalue weighted by molar-refractivity contribution is -0.116. The van der Waals surface area contributed by atoms with Crippen LogP contribution in [0.1, 0.15) is 43.4 Å². The number of hydrogen-bond donors (Lipinski definition) is 3. The van der Waals surface area contributed by atoms with Crippen molar-refractivity contribution in [3.8, 4) is 5.88 Å². The van der Waals surface area contributed by atoms with Crippen LogP contribution in [0.15, 0.2) is 62.5 Å². The number of benzene rings is 1. The molecule has 4 aromatic rings. The highest BCUT2D eigenvalue weighted by Gasteiger charge is 2.39. The Morgan fingerprint density at radius 3 is 3.03 bits per heavy atom. The third-order valence-corrected chi connectivity index (χ3v) is 7.20. The minimum atomic E-state index is -0.802. The average Bonchev–Trinajstić information content (AvgIpc) is 3.57. The molecule has 0 saturated heterocycles. The van der Waals surface area contributed by atoms with E-state index in [0.717, 1.165) is 28.7 Å². The Morgan fingerprint density at radius 2 is 2.17 bits per heavy atom. The second-order valence-corrected chi connectivity index (χ2v) is 9.85. The van der Waals surface area contributed by atoms with Gasteiger partial charge in [0.2, 0.25) is 5.88 Å². The molecule has 0 bridgehead atoms. The Balaban J connectivity index is 1.34. The predicted octanol–water partition coefficient (Wildman–Crippen LogP) is 6.39. The van der Waals surface area contributed by atoms with Gasteiger partial charge in [-0.2, -0.15) is 0 Å². The molecule has 3 N–H and O–H groups in total. The van der Waals surface area contributed by atoms with Crippen molar-refractivity contribution in [2.75, 3.05) is 11.9 Å². The number of rotatable bonds is 5. The van der Waals surface area contributed by atoms with Crippen LogP contribution in [0.5, 0.6) is 5.88 Å². The molecule has 0 radical (unpaired) electrons. The van der Waals surface area contributed by atoms with Crippen LogP contribution >= 0.6 is 23.4 Å². The Labute approximate surface area is 214 Å². The van der Waals surface area contributed by atoms with E-state index in [4.69, 9.17) is 25.5 Å². The summed E-state index contributed by atoms with van der Waals surface area (Å²) in [5.41, 5.74) is 4.50. The zero-order chi connectivity index (χ0) is 24.8. The van der Waals surface area contributed by atoms with Gasteiger partial charge in [-0.1, -0.05) is 11.6 Å². The summed E-state index contributed by atoms with van der Waals surface area (Å²) in [4.78, 5) is 35.8. The van der Waals surface area contributed by atoms with Crippen LogP contribution < -0.4 is 10.1 Å². The molecule has 1 aromatic carbocycles. The highest BCUT2D eigenvalue weighted by atomic mass is 35.5. The molecule has 11 heteroatoms. The van der Waals surface area contributed by atoms with Gasteiger partial charge in [0.1, 0.15) is 11.4 Å². The van der Waals surface area contributed by atoms with Crippen molar-refractivity contribution >= 4 is 52.0 Å². The van der Waals surface area contributed by atoms with E-state index in [1.165, 1.54) is 11.8 Å². The Morgan fingerprint density at radius 1 is 1.28 bits per heavy atom. The van der Waals surface area contributed by atoms with E-state index in [9.17, 15) is 9.59 Å². The summed E-state index contributed by atoms with van der Waals surface area (Å²) in [5, 5.41) is 5.23. The van der Waals surface area contributed by atoms with Gasteiger partial charge >= 0.3 is 6.16 Å². The molecule has 0 spiro atoms. The topological polar surface area (TPSA) is 122 Å². The van der Waals surface area contributed by atoms with Crippen molar-refractivity contribution in [3.63, 3.8) is 0 Å². The number of aromatic amines is 2. The van der Waals surface area contributed by atoms with Gasteiger partial charge in [0.15, 0.2) is 16.0 Å². The number of carbonyl (C=O) groups excluding carboxylic acids is 2. The van der Waals surface area contributed by atoms with Crippen molar-refractivity contribution < 1.29 is 23.5 Å². The normalized spacial score (nSPS) is 17.1. The van der Waals surface area contributed by atoms with Gasteiger partial charge in [-0.15, -0.1) is 0 Å². The molecule has 4 heterocycles. The summed E-state index contributed by atoms with van der Waals surface area (Å²) < 4.78 is 16.5. The number of hydrogen-bond acceptors (Lipinski definition) is 8. The third kappa shape index (κ3) is 4.06. The summed E-state index contributed by atoms with van der Waals surface area (Å²) >= 11 is 7.43. The van der Waals surface area contributed by atoms with E-state index < -0.39 is 12.1 Å². The number of fused-ring (bicyclic) bond motifs is 2. The number of nitrogens with one attached hydrogen (secondary N) is 3. The Kier molecular flexibility index (Phi) is 5.77. The van der Waals surface area contributed by atoms with Crippen molar-refractivity contribution in [3.05, 3.63) is 64.1 Å². The van der Waals surface area contributed by atoms with Gasteiger partial charge < -0.3 is 29.2 Å². The second-order valence-electron chi connectivity index (χ2n) is 8.42. The first-order chi connectivity index (χ1) is 17.5. The van der Waals surface area contributed by atoms with Crippen LogP contribution in [0.25, 0.3) is 11.0 Å². The van der Waals surface area contributed by atoms with Crippen LogP contribution in [0.4, 0.5) is 10.5 Å². The zero-order valence-corrected chi connectivity index (χ0v) is 20.7. The van der Waals surface area contributed by atoms with E-state index in [0.29, 0.717) is 45.1 Å². The summed E-state index contributed by atoms with van der Waals surface area (Å²) in [5.74, 6) is 0.487. The van der Waals surface area contributed by atoms with E-state index >= 15 is 0 Å². The first-order valence-corrected chi connectivity index (χ1v) is 12.7. The van der Waals surface area contributed by atoms with Gasteiger partial charge in [0.05, 0.1) is 23.6 Å². The number of halogens is 1. The van der Waals surface area contributed by atoms with E-state index in [1.54, 1.807) is 19.2 Å². The Bertz CT molecular complexity index is 1530. The van der Waals surface area contributed by atoms with Crippen molar-refractivity contribution in [1.82, 2.24) is 15.0 Å². The molecule has 3 aromatic heterocycles. The van der Waals surface area contributed by atoms with Crippen LogP contribution in [0.2, 0.25) is 5.02 Å². The number of anilines is 1. The molecule has 2 aliphatic rings. The molecule has 184 valence electrons. The summed E-state index contributed by atoms with van der Waals surface area (Å²) in [6, 6.07) is 9.20. The summed E-state index contributed by atoms with van der Waals surface area (Å²) in [7, 11) is 0. The Hall–Kier alpha value is -3.63. The molecule has 9 nitrogen and oxygen atoms in total. The van der Waals surface area contributed by atoms with Gasteiger partial charge in [-0.3, -0.25) is 4.79 Å². The monoisotopic (exact) mass is 524 g/mol. The number of nitrogens with zero attached hydrogens (tertiary/aromatic N) is 1. The fourth-order valence-electron chi connectivity index (χ4n) is 4.66. The molecule has 0 amide bonds. The van der Waals surface area contributed by atoms with Gasteiger partial charge in [-0.25, -0.2) is 9.78 Å². The smallest absolute Gasteiger partial charge is 0.453 e. The minimum Gasteiger partial charge on any atom is -0.453 e. The van der Waals surface area contributed by atoms with Gasteiger partial charge in [0.25, 0.3) is 0 Å². The van der Waals surface area contributed by atoms with E-state index in [-0.39, 0.29) is 18.3 Å². The number of allylic oxidation sites excluding steroid dienone is 2. The average molecular weight is 525 g/mol. The number of imidazole rings is 1. The fourth-order valence-corrected chi connectivity index (χ4v) is 5.60. The quantitative estimate of drug-likeness (QED) is 0.257. The molecule has 1 aliphatic carbocycles. The number of ketones is 1. The lowest BCUT2D eigenvalue weighted by Crippen LogP contribution is -2.26. The maximum absolute atomic E-state index is 13.0. The maximum Gasteiger partial charge on any atom is 0.515 e. The van der Waals surface area contributed by atoms with Crippen LogP contribution in [0.3, 0.4) is 0 Å². The van der Waals surface area contributed by atoms with Crippen LogP contribution in [0, 0.1) is 0 Å². The molecule has 6 rings (SSSR count). The molecule has 1 aliphatic heterocycles. The second kappa shape index (κ2) is 9.11. The fraction of sp³-hybridized carbons (Fsp3) is 0.240. The van der Waals surface area contributed by atoms with E-state index in [2.05, 4.69) is 20.3 Å². The number of aromatic nitrogens is 3. The number of carbonyl (C=O) groups is 2. The van der Waals surface area contributed by atoms with Gasteiger partial charge in [0, 0.05) is 34.5 Å².